The zero-order valence-corrected chi connectivity index (χ0v) is 16.8. The van der Waals surface area contributed by atoms with Crippen LogP contribution in [0.25, 0.3) is 0 Å². The molecule has 0 aromatic heterocycles. The van der Waals surface area contributed by atoms with E-state index < -0.39 is 5.60 Å². The fraction of sp³-hybridized carbons (Fsp3) is 0.611. The summed E-state index contributed by atoms with van der Waals surface area (Å²) in [6.45, 7) is 4.53. The molecule has 2 rings (SSSR count). The zero-order chi connectivity index (χ0) is 16.7. The first-order chi connectivity index (χ1) is 11.1. The van der Waals surface area contributed by atoms with E-state index in [0.717, 1.165) is 43.2 Å². The quantitative estimate of drug-likeness (QED) is 0.713. The van der Waals surface area contributed by atoms with E-state index in [-0.39, 0.29) is 18.3 Å². The molecule has 1 aliphatic heterocycles. The van der Waals surface area contributed by atoms with E-state index in [1.54, 1.807) is 7.11 Å². The van der Waals surface area contributed by atoms with Gasteiger partial charge in [-0.3, -0.25) is 4.79 Å². The molecule has 1 fully saturated rings. The van der Waals surface area contributed by atoms with Crippen LogP contribution in [0.1, 0.15) is 31.7 Å². The maximum atomic E-state index is 12.6. The largest absolute Gasteiger partial charge is 0.368 e. The molecule has 0 saturated carbocycles. The van der Waals surface area contributed by atoms with E-state index in [4.69, 9.17) is 4.74 Å². The van der Waals surface area contributed by atoms with E-state index in [0.29, 0.717) is 12.5 Å². The average molecular weight is 420 g/mol. The smallest absolute Gasteiger partial charge is 0.252 e. The summed E-state index contributed by atoms with van der Waals surface area (Å²) >= 11 is 3.51. The van der Waals surface area contributed by atoms with Crippen LogP contribution >= 0.6 is 28.3 Å². The van der Waals surface area contributed by atoms with Gasteiger partial charge in [0, 0.05) is 18.1 Å². The molecule has 1 unspecified atom stereocenters. The Labute approximate surface area is 159 Å². The van der Waals surface area contributed by atoms with E-state index in [1.165, 1.54) is 5.56 Å². The Balaban J connectivity index is 0.00000288. The lowest BCUT2D eigenvalue weighted by molar-refractivity contribution is -0.146. The first-order valence-corrected chi connectivity index (χ1v) is 9.17. The maximum absolute atomic E-state index is 12.6. The van der Waals surface area contributed by atoms with Crippen molar-refractivity contribution in [2.24, 2.45) is 5.92 Å². The number of carbonyl (C=O) groups excluding carboxylic acids is 1. The predicted octanol–water partition coefficient (Wildman–Crippen LogP) is 3.32. The second-order valence-corrected chi connectivity index (χ2v) is 7.18. The molecular formula is C18H28BrClN2O2. The third-order valence-corrected chi connectivity index (χ3v) is 5.25. The molecule has 1 aromatic rings. The molecule has 1 aromatic carbocycles. The van der Waals surface area contributed by atoms with Gasteiger partial charge >= 0.3 is 0 Å². The van der Waals surface area contributed by atoms with Gasteiger partial charge in [-0.05, 0) is 56.0 Å². The minimum absolute atomic E-state index is 0. The maximum Gasteiger partial charge on any atom is 0.252 e. The normalized spacial score (nSPS) is 17.6. The van der Waals surface area contributed by atoms with Crippen LogP contribution in [0.4, 0.5) is 0 Å². The standard InChI is InChI=1S/C18H27BrN2O2.ClH/c1-3-14(11-15-5-4-6-16(19)12-15)13-21-17(22)18(23-2)7-9-20-10-8-18;/h4-6,12,14,20H,3,7-11,13H2,1-2H3,(H,21,22);1H. The van der Waals surface area contributed by atoms with Crippen molar-refractivity contribution in [3.63, 3.8) is 0 Å². The summed E-state index contributed by atoms with van der Waals surface area (Å²) in [6, 6.07) is 8.37. The number of ether oxygens (including phenoxy) is 1. The molecule has 0 bridgehead atoms. The topological polar surface area (TPSA) is 50.4 Å². The molecule has 24 heavy (non-hydrogen) atoms. The summed E-state index contributed by atoms with van der Waals surface area (Å²) < 4.78 is 6.68. The Morgan fingerprint density at radius 1 is 1.42 bits per heavy atom. The first kappa shape index (κ1) is 21.4. The Kier molecular flexibility index (Phi) is 9.27. The number of benzene rings is 1. The van der Waals surface area contributed by atoms with Crippen molar-refractivity contribution in [1.82, 2.24) is 10.6 Å². The highest BCUT2D eigenvalue weighted by Crippen LogP contribution is 2.23. The fourth-order valence-corrected chi connectivity index (χ4v) is 3.56. The van der Waals surface area contributed by atoms with Gasteiger partial charge in [0.1, 0.15) is 5.60 Å². The second kappa shape index (κ2) is 10.4. The van der Waals surface area contributed by atoms with Gasteiger partial charge in [-0.15, -0.1) is 12.4 Å². The zero-order valence-electron chi connectivity index (χ0n) is 14.4. The number of hydrogen-bond acceptors (Lipinski definition) is 3. The Hall–Kier alpha value is -0.620. The molecule has 1 saturated heterocycles. The molecule has 0 aliphatic carbocycles. The van der Waals surface area contributed by atoms with Gasteiger partial charge in [0.2, 0.25) is 0 Å². The minimum atomic E-state index is -0.653. The lowest BCUT2D eigenvalue weighted by atomic mass is 9.90. The number of amides is 1. The predicted molar refractivity (Wildman–Crippen MR) is 104 cm³/mol. The highest BCUT2D eigenvalue weighted by molar-refractivity contribution is 9.10. The number of nitrogens with one attached hydrogen (secondary N) is 2. The lowest BCUT2D eigenvalue weighted by Gasteiger charge is -2.35. The summed E-state index contributed by atoms with van der Waals surface area (Å²) in [5.41, 5.74) is 0.642. The molecule has 1 atom stereocenters. The van der Waals surface area contributed by atoms with E-state index in [2.05, 4.69) is 51.7 Å². The van der Waals surface area contributed by atoms with Gasteiger partial charge in [0.25, 0.3) is 5.91 Å². The highest BCUT2D eigenvalue weighted by Gasteiger charge is 2.39. The van der Waals surface area contributed by atoms with Crippen molar-refractivity contribution in [2.45, 2.75) is 38.2 Å². The van der Waals surface area contributed by atoms with Crippen LogP contribution in [0.3, 0.4) is 0 Å². The van der Waals surface area contributed by atoms with Crippen LogP contribution in [0, 0.1) is 5.92 Å². The van der Waals surface area contributed by atoms with E-state index in [1.807, 2.05) is 6.07 Å². The van der Waals surface area contributed by atoms with Gasteiger partial charge < -0.3 is 15.4 Å². The Bertz CT molecular complexity index is 521. The van der Waals surface area contributed by atoms with Gasteiger partial charge in [-0.2, -0.15) is 0 Å². The van der Waals surface area contributed by atoms with Crippen LogP contribution in [-0.2, 0) is 16.0 Å². The Morgan fingerprint density at radius 3 is 2.71 bits per heavy atom. The number of piperidine rings is 1. The molecule has 1 amide bonds. The second-order valence-electron chi connectivity index (χ2n) is 6.27. The van der Waals surface area contributed by atoms with Gasteiger partial charge in [-0.1, -0.05) is 41.4 Å². The minimum Gasteiger partial charge on any atom is -0.368 e. The van der Waals surface area contributed by atoms with E-state index >= 15 is 0 Å². The number of hydrogen-bond donors (Lipinski definition) is 2. The lowest BCUT2D eigenvalue weighted by Crippen LogP contribution is -2.54. The fourth-order valence-electron chi connectivity index (χ4n) is 3.11. The molecule has 6 heteroatoms. The van der Waals surface area contributed by atoms with E-state index in [9.17, 15) is 4.79 Å². The van der Waals surface area contributed by atoms with Crippen LogP contribution in [0.2, 0.25) is 0 Å². The van der Waals surface area contributed by atoms with Crippen LogP contribution < -0.4 is 10.6 Å². The molecule has 1 aliphatic rings. The molecular weight excluding hydrogens is 392 g/mol. The summed E-state index contributed by atoms with van der Waals surface area (Å²) in [5.74, 6) is 0.470. The summed E-state index contributed by atoms with van der Waals surface area (Å²) in [6.07, 6.45) is 3.47. The molecule has 1 heterocycles. The highest BCUT2D eigenvalue weighted by atomic mass is 79.9. The van der Waals surface area contributed by atoms with Gasteiger partial charge in [-0.25, -0.2) is 0 Å². The third-order valence-electron chi connectivity index (χ3n) is 4.76. The average Bonchev–Trinajstić information content (AvgIpc) is 2.58. The van der Waals surface area contributed by atoms with Crippen LogP contribution in [-0.4, -0.2) is 38.3 Å². The van der Waals surface area contributed by atoms with Crippen molar-refractivity contribution in [3.8, 4) is 0 Å². The molecule has 136 valence electrons. The first-order valence-electron chi connectivity index (χ1n) is 8.38. The summed E-state index contributed by atoms with van der Waals surface area (Å²) in [4.78, 5) is 12.6. The molecule has 0 spiro atoms. The number of carbonyl (C=O) groups is 1. The summed E-state index contributed by atoms with van der Waals surface area (Å²) in [5, 5.41) is 6.40. The van der Waals surface area contributed by atoms with Crippen molar-refractivity contribution in [3.05, 3.63) is 34.3 Å². The SMILES string of the molecule is CCC(CNC(=O)C1(OC)CCNCC1)Cc1cccc(Br)c1.Cl. The van der Waals surface area contributed by atoms with Crippen LogP contribution in [0.15, 0.2) is 28.7 Å². The van der Waals surface area contributed by atoms with Crippen molar-refractivity contribution in [1.29, 1.82) is 0 Å². The van der Waals surface area contributed by atoms with Crippen molar-refractivity contribution >= 4 is 34.2 Å². The van der Waals surface area contributed by atoms with Crippen molar-refractivity contribution < 1.29 is 9.53 Å². The molecule has 0 radical (unpaired) electrons. The monoisotopic (exact) mass is 418 g/mol. The Morgan fingerprint density at radius 2 is 2.12 bits per heavy atom. The number of halogens is 2. The van der Waals surface area contributed by atoms with Crippen LogP contribution in [0.5, 0.6) is 0 Å². The van der Waals surface area contributed by atoms with Gasteiger partial charge in [0.15, 0.2) is 0 Å². The molecule has 4 nitrogen and oxygen atoms in total. The summed E-state index contributed by atoms with van der Waals surface area (Å²) in [7, 11) is 1.64. The third kappa shape index (κ3) is 5.73. The number of methoxy groups -OCH3 is 1. The van der Waals surface area contributed by atoms with Crippen molar-refractivity contribution in [2.75, 3.05) is 26.7 Å². The van der Waals surface area contributed by atoms with Gasteiger partial charge in [0.05, 0.1) is 0 Å². The number of rotatable bonds is 7. The molecule has 2 N–H and O–H groups in total.